The van der Waals surface area contributed by atoms with Crippen LogP contribution in [-0.4, -0.2) is 27.8 Å². The zero-order valence-electron chi connectivity index (χ0n) is 10.4. The highest BCUT2D eigenvalue weighted by atomic mass is 16.2. The quantitative estimate of drug-likeness (QED) is 0.832. The van der Waals surface area contributed by atoms with E-state index in [0.717, 1.165) is 5.56 Å². The number of carbonyl (C=O) groups is 1. The van der Waals surface area contributed by atoms with Gasteiger partial charge in [-0.1, -0.05) is 6.07 Å². The van der Waals surface area contributed by atoms with Crippen LogP contribution in [-0.2, 0) is 6.54 Å². The van der Waals surface area contributed by atoms with Gasteiger partial charge in [-0.25, -0.2) is 0 Å². The second-order valence-corrected chi connectivity index (χ2v) is 4.06. The third kappa shape index (κ3) is 2.93. The van der Waals surface area contributed by atoms with E-state index in [-0.39, 0.29) is 5.91 Å². The van der Waals surface area contributed by atoms with Crippen LogP contribution in [0.4, 0.5) is 0 Å². The Labute approximate surface area is 111 Å². The number of rotatable bonds is 3. The fourth-order valence-electron chi connectivity index (χ4n) is 1.71. The first-order valence-corrected chi connectivity index (χ1v) is 5.71. The molecule has 19 heavy (non-hydrogen) atoms. The van der Waals surface area contributed by atoms with E-state index in [9.17, 15) is 4.79 Å². The lowest BCUT2D eigenvalue weighted by Gasteiger charge is -2.17. The van der Waals surface area contributed by atoms with Crippen LogP contribution in [0.15, 0.2) is 43.0 Å². The largest absolute Gasteiger partial charge is 0.337 e. The molecule has 2 aromatic rings. The van der Waals surface area contributed by atoms with Crippen molar-refractivity contribution in [1.29, 1.82) is 5.26 Å². The first-order valence-electron chi connectivity index (χ1n) is 5.71. The molecular formula is C14H12N4O. The lowest BCUT2D eigenvalue weighted by atomic mass is 10.1. The number of aromatic nitrogens is 2. The van der Waals surface area contributed by atoms with Gasteiger partial charge in [0.15, 0.2) is 0 Å². The molecule has 0 atom stereocenters. The van der Waals surface area contributed by atoms with Crippen molar-refractivity contribution < 1.29 is 4.79 Å². The summed E-state index contributed by atoms with van der Waals surface area (Å²) in [6.07, 6.45) is 6.30. The summed E-state index contributed by atoms with van der Waals surface area (Å²) in [6, 6.07) is 7.24. The van der Waals surface area contributed by atoms with E-state index < -0.39 is 0 Å². The first kappa shape index (κ1) is 12.7. The van der Waals surface area contributed by atoms with Crippen molar-refractivity contribution in [2.24, 2.45) is 0 Å². The summed E-state index contributed by atoms with van der Waals surface area (Å²) in [4.78, 5) is 21.7. The topological polar surface area (TPSA) is 69.9 Å². The standard InChI is InChI=1S/C14H12N4O/c1-18(10-11-3-2-5-16-8-11)14(19)13-9-17-6-4-12(13)7-15/h2-6,8-9H,10H2,1H3. The summed E-state index contributed by atoms with van der Waals surface area (Å²) in [7, 11) is 1.68. The number of nitrogens with zero attached hydrogens (tertiary/aromatic N) is 4. The molecule has 1 amide bonds. The summed E-state index contributed by atoms with van der Waals surface area (Å²) in [5.74, 6) is -0.228. The summed E-state index contributed by atoms with van der Waals surface area (Å²) >= 11 is 0. The van der Waals surface area contributed by atoms with Crippen molar-refractivity contribution in [2.75, 3.05) is 7.05 Å². The molecule has 2 heterocycles. The number of carbonyl (C=O) groups excluding carboxylic acids is 1. The summed E-state index contributed by atoms with van der Waals surface area (Å²) in [5, 5.41) is 8.98. The van der Waals surface area contributed by atoms with Crippen LogP contribution < -0.4 is 0 Å². The summed E-state index contributed by atoms with van der Waals surface area (Å²) in [6.45, 7) is 0.437. The van der Waals surface area contributed by atoms with Crippen molar-refractivity contribution in [2.45, 2.75) is 6.54 Å². The lowest BCUT2D eigenvalue weighted by molar-refractivity contribution is 0.0784. The molecule has 94 valence electrons. The van der Waals surface area contributed by atoms with Gasteiger partial charge in [-0.2, -0.15) is 5.26 Å². The molecule has 0 saturated heterocycles. The van der Waals surface area contributed by atoms with Crippen LogP contribution in [0.1, 0.15) is 21.5 Å². The average molecular weight is 252 g/mol. The Hall–Kier alpha value is -2.74. The van der Waals surface area contributed by atoms with E-state index in [2.05, 4.69) is 9.97 Å². The molecule has 0 bridgehead atoms. The minimum absolute atomic E-state index is 0.228. The molecular weight excluding hydrogens is 240 g/mol. The predicted molar refractivity (Wildman–Crippen MR) is 69.0 cm³/mol. The molecule has 2 rings (SSSR count). The Kier molecular flexibility index (Phi) is 3.84. The zero-order chi connectivity index (χ0) is 13.7. The fraction of sp³-hybridized carbons (Fsp3) is 0.143. The molecule has 0 aromatic carbocycles. The molecule has 5 nitrogen and oxygen atoms in total. The normalized spacial score (nSPS) is 9.68. The maximum Gasteiger partial charge on any atom is 0.256 e. The van der Waals surface area contributed by atoms with Crippen LogP contribution >= 0.6 is 0 Å². The highest BCUT2D eigenvalue weighted by Gasteiger charge is 2.16. The second-order valence-electron chi connectivity index (χ2n) is 4.06. The maximum atomic E-state index is 12.2. The van der Waals surface area contributed by atoms with E-state index in [1.165, 1.54) is 23.4 Å². The van der Waals surface area contributed by atoms with E-state index in [0.29, 0.717) is 17.7 Å². The highest BCUT2D eigenvalue weighted by Crippen LogP contribution is 2.10. The number of amides is 1. The predicted octanol–water partition coefficient (Wildman–Crippen LogP) is 1.62. The molecule has 0 unspecified atom stereocenters. The van der Waals surface area contributed by atoms with Gasteiger partial charge in [0.2, 0.25) is 0 Å². The Morgan fingerprint density at radius 1 is 1.32 bits per heavy atom. The van der Waals surface area contributed by atoms with Crippen LogP contribution in [0.2, 0.25) is 0 Å². The van der Waals surface area contributed by atoms with Crippen LogP contribution in [0, 0.1) is 11.3 Å². The van der Waals surface area contributed by atoms with Gasteiger partial charge in [-0.3, -0.25) is 14.8 Å². The Morgan fingerprint density at radius 3 is 2.79 bits per heavy atom. The molecule has 0 radical (unpaired) electrons. The molecule has 0 fully saturated rings. The third-order valence-corrected chi connectivity index (χ3v) is 2.66. The van der Waals surface area contributed by atoms with E-state index >= 15 is 0 Å². The Morgan fingerprint density at radius 2 is 2.11 bits per heavy atom. The number of hydrogen-bond donors (Lipinski definition) is 0. The van der Waals surface area contributed by atoms with Gasteiger partial charge >= 0.3 is 0 Å². The van der Waals surface area contributed by atoms with Crippen molar-refractivity contribution in [3.05, 3.63) is 59.7 Å². The van der Waals surface area contributed by atoms with Gasteiger partial charge in [-0.05, 0) is 17.7 Å². The SMILES string of the molecule is CN(Cc1cccnc1)C(=O)c1cnccc1C#N. The third-order valence-electron chi connectivity index (χ3n) is 2.66. The van der Waals surface area contributed by atoms with Gasteiger partial charge in [0, 0.05) is 38.4 Å². The molecule has 0 spiro atoms. The van der Waals surface area contributed by atoms with E-state index in [1.54, 1.807) is 19.4 Å². The summed E-state index contributed by atoms with van der Waals surface area (Å²) in [5.41, 5.74) is 1.58. The minimum atomic E-state index is -0.228. The first-order chi connectivity index (χ1) is 9.22. The van der Waals surface area contributed by atoms with Crippen molar-refractivity contribution >= 4 is 5.91 Å². The molecule has 0 saturated carbocycles. The van der Waals surface area contributed by atoms with Gasteiger partial charge < -0.3 is 4.90 Å². The van der Waals surface area contributed by atoms with E-state index in [1.807, 2.05) is 18.2 Å². The summed E-state index contributed by atoms with van der Waals surface area (Å²) < 4.78 is 0. The van der Waals surface area contributed by atoms with Crippen LogP contribution in [0.3, 0.4) is 0 Å². The van der Waals surface area contributed by atoms with Gasteiger partial charge in [-0.15, -0.1) is 0 Å². The molecule has 5 heteroatoms. The second kappa shape index (κ2) is 5.74. The number of pyridine rings is 2. The van der Waals surface area contributed by atoms with Gasteiger partial charge in [0.05, 0.1) is 11.1 Å². The Balaban J connectivity index is 2.18. The molecule has 0 N–H and O–H groups in total. The lowest BCUT2D eigenvalue weighted by Crippen LogP contribution is -2.27. The van der Waals surface area contributed by atoms with Gasteiger partial charge in [0.1, 0.15) is 6.07 Å². The van der Waals surface area contributed by atoms with Crippen LogP contribution in [0.5, 0.6) is 0 Å². The number of hydrogen-bond acceptors (Lipinski definition) is 4. The zero-order valence-corrected chi connectivity index (χ0v) is 10.4. The fourth-order valence-corrected chi connectivity index (χ4v) is 1.71. The van der Waals surface area contributed by atoms with Crippen molar-refractivity contribution in [3.8, 4) is 6.07 Å². The smallest absolute Gasteiger partial charge is 0.256 e. The monoisotopic (exact) mass is 252 g/mol. The molecule has 0 aliphatic rings. The van der Waals surface area contributed by atoms with Crippen molar-refractivity contribution in [3.63, 3.8) is 0 Å². The average Bonchev–Trinajstić information content (AvgIpc) is 2.47. The van der Waals surface area contributed by atoms with Crippen molar-refractivity contribution in [1.82, 2.24) is 14.9 Å². The Bertz CT molecular complexity index is 619. The molecule has 2 aromatic heterocycles. The van der Waals surface area contributed by atoms with Crippen LogP contribution in [0.25, 0.3) is 0 Å². The number of nitriles is 1. The minimum Gasteiger partial charge on any atom is -0.337 e. The van der Waals surface area contributed by atoms with E-state index in [4.69, 9.17) is 5.26 Å². The molecule has 0 aliphatic carbocycles. The molecule has 0 aliphatic heterocycles. The van der Waals surface area contributed by atoms with Gasteiger partial charge in [0.25, 0.3) is 5.91 Å². The highest BCUT2D eigenvalue weighted by molar-refractivity contribution is 5.96. The maximum absolute atomic E-state index is 12.2.